The zero-order valence-electron chi connectivity index (χ0n) is 10.4. The first-order valence-electron chi connectivity index (χ1n) is 5.98. The van der Waals surface area contributed by atoms with Crippen LogP contribution in [0.1, 0.15) is 20.3 Å². The molecule has 18 heavy (non-hydrogen) atoms. The first-order valence-corrected chi connectivity index (χ1v) is 8.45. The average molecular weight is 392 g/mol. The number of nitrogens with one attached hydrogen (secondary N) is 1. The van der Waals surface area contributed by atoms with Crippen molar-refractivity contribution < 1.29 is 0 Å². The number of benzene rings is 1. The van der Waals surface area contributed by atoms with E-state index >= 15 is 0 Å². The summed E-state index contributed by atoms with van der Waals surface area (Å²) in [5, 5.41) is 5.04. The molecule has 5 heteroatoms. The summed E-state index contributed by atoms with van der Waals surface area (Å²) in [6.07, 6.45) is 1.22. The summed E-state index contributed by atoms with van der Waals surface area (Å²) in [4.78, 5) is 4.57. The van der Waals surface area contributed by atoms with E-state index < -0.39 is 0 Å². The van der Waals surface area contributed by atoms with Gasteiger partial charge >= 0.3 is 0 Å². The van der Waals surface area contributed by atoms with E-state index in [0.717, 1.165) is 32.3 Å². The molecule has 1 aromatic carbocycles. The first-order chi connectivity index (χ1) is 8.56. The molecular weight excluding hydrogens is 376 g/mol. The lowest BCUT2D eigenvalue weighted by Gasteiger charge is -2.12. The number of nitrogens with zero attached hydrogens (tertiary/aromatic N) is 1. The number of anilines is 1. The lowest BCUT2D eigenvalue weighted by Crippen LogP contribution is -2.10. The normalized spacial score (nSPS) is 19.2. The number of amidine groups is 1. The molecule has 1 N–H and O–H groups in total. The number of hydrogen-bond acceptors (Lipinski definition) is 3. The third-order valence-corrected chi connectivity index (χ3v) is 5.10. The van der Waals surface area contributed by atoms with E-state index in [-0.39, 0.29) is 0 Å². The minimum absolute atomic E-state index is 0.619. The summed E-state index contributed by atoms with van der Waals surface area (Å²) in [6.45, 7) is 5.44. The Bertz CT molecular complexity index is 440. The second-order valence-corrected chi connectivity index (χ2v) is 7.73. The molecule has 1 aliphatic rings. The number of thioether (sulfide) groups is 1. The molecule has 2 rings (SSSR count). The fourth-order valence-corrected chi connectivity index (χ4v) is 4.31. The van der Waals surface area contributed by atoms with Gasteiger partial charge in [0.05, 0.1) is 12.2 Å². The fourth-order valence-electron chi connectivity index (χ4n) is 1.86. The number of aliphatic imine (C=N–C) groups is 1. The number of hydrogen-bond donors (Lipinski definition) is 1. The van der Waals surface area contributed by atoms with Gasteiger partial charge in [0.25, 0.3) is 0 Å². The van der Waals surface area contributed by atoms with Crippen molar-refractivity contribution in [2.24, 2.45) is 10.9 Å². The van der Waals surface area contributed by atoms with Gasteiger partial charge in [0, 0.05) is 14.2 Å². The van der Waals surface area contributed by atoms with E-state index in [1.54, 1.807) is 0 Å². The molecule has 0 radical (unpaired) electrons. The molecule has 1 unspecified atom stereocenters. The van der Waals surface area contributed by atoms with Gasteiger partial charge < -0.3 is 5.32 Å². The Morgan fingerprint density at radius 1 is 1.39 bits per heavy atom. The summed E-state index contributed by atoms with van der Waals surface area (Å²) in [5.41, 5.74) is 1.05. The monoisotopic (exact) mass is 390 g/mol. The zero-order chi connectivity index (χ0) is 13.1. The maximum absolute atomic E-state index is 4.57. The molecule has 0 bridgehead atoms. The van der Waals surface area contributed by atoms with Gasteiger partial charge in [0.2, 0.25) is 0 Å². The molecule has 0 amide bonds. The van der Waals surface area contributed by atoms with Crippen LogP contribution in [0, 0.1) is 5.92 Å². The fraction of sp³-hybridized carbons (Fsp3) is 0.462. The smallest absolute Gasteiger partial charge is 0.161 e. The maximum atomic E-state index is 4.57. The first kappa shape index (κ1) is 14.4. The molecule has 1 atom stereocenters. The molecule has 1 heterocycles. The van der Waals surface area contributed by atoms with Crippen LogP contribution in [-0.2, 0) is 0 Å². The van der Waals surface area contributed by atoms with E-state index in [4.69, 9.17) is 0 Å². The maximum Gasteiger partial charge on any atom is 0.161 e. The van der Waals surface area contributed by atoms with E-state index in [2.05, 4.69) is 56.0 Å². The van der Waals surface area contributed by atoms with Crippen molar-refractivity contribution in [1.82, 2.24) is 0 Å². The van der Waals surface area contributed by atoms with E-state index in [9.17, 15) is 0 Å². The summed E-state index contributed by atoms with van der Waals surface area (Å²) < 4.78 is 2.10. The van der Waals surface area contributed by atoms with Crippen LogP contribution in [-0.4, -0.2) is 17.0 Å². The van der Waals surface area contributed by atoms with Gasteiger partial charge in [-0.3, -0.25) is 4.99 Å². The molecular formula is C13H16Br2N2S. The Morgan fingerprint density at radius 2 is 2.06 bits per heavy atom. The molecule has 0 aromatic heterocycles. The third-order valence-electron chi connectivity index (χ3n) is 2.65. The Kier molecular flexibility index (Phi) is 5.15. The SMILES string of the molecule is CC(C)CC1CN=C(Nc2c(Br)cccc2Br)S1. The van der Waals surface area contributed by atoms with Gasteiger partial charge in [-0.15, -0.1) is 0 Å². The minimum Gasteiger partial charge on any atom is -0.333 e. The lowest BCUT2D eigenvalue weighted by atomic mass is 10.1. The summed E-state index contributed by atoms with van der Waals surface area (Å²) in [5.74, 6) is 0.729. The molecule has 98 valence electrons. The van der Waals surface area contributed by atoms with Crippen molar-refractivity contribution in [1.29, 1.82) is 0 Å². The molecule has 0 spiro atoms. The summed E-state index contributed by atoms with van der Waals surface area (Å²) in [7, 11) is 0. The van der Waals surface area contributed by atoms with E-state index in [1.807, 2.05) is 30.0 Å². The van der Waals surface area contributed by atoms with E-state index in [0.29, 0.717) is 5.25 Å². The summed E-state index contributed by atoms with van der Waals surface area (Å²) in [6, 6.07) is 6.06. The predicted octanol–water partition coefficient (Wildman–Crippen LogP) is 5.14. The van der Waals surface area contributed by atoms with Crippen LogP contribution in [0.4, 0.5) is 5.69 Å². The molecule has 0 fully saturated rings. The topological polar surface area (TPSA) is 24.4 Å². The van der Waals surface area contributed by atoms with Gasteiger partial charge in [0.1, 0.15) is 0 Å². The van der Waals surface area contributed by atoms with Crippen molar-refractivity contribution in [3.8, 4) is 0 Å². The average Bonchev–Trinajstić information content (AvgIpc) is 2.70. The van der Waals surface area contributed by atoms with Gasteiger partial charge in [-0.2, -0.15) is 0 Å². The van der Waals surface area contributed by atoms with Gasteiger partial charge in [0.15, 0.2) is 5.17 Å². The van der Waals surface area contributed by atoms with Crippen LogP contribution >= 0.6 is 43.6 Å². The molecule has 1 aromatic rings. The molecule has 0 aliphatic carbocycles. The van der Waals surface area contributed by atoms with Crippen molar-refractivity contribution in [2.45, 2.75) is 25.5 Å². The Hall–Kier alpha value is -0.000000000000000111. The largest absolute Gasteiger partial charge is 0.333 e. The highest BCUT2D eigenvalue weighted by atomic mass is 79.9. The Balaban J connectivity index is 1.99. The zero-order valence-corrected chi connectivity index (χ0v) is 14.4. The van der Waals surface area contributed by atoms with E-state index in [1.165, 1.54) is 6.42 Å². The number of rotatable bonds is 3. The van der Waals surface area contributed by atoms with Crippen molar-refractivity contribution >= 4 is 54.5 Å². The van der Waals surface area contributed by atoms with Crippen LogP contribution < -0.4 is 5.32 Å². The lowest BCUT2D eigenvalue weighted by molar-refractivity contribution is 0.575. The van der Waals surface area contributed by atoms with Crippen molar-refractivity contribution in [2.75, 3.05) is 11.9 Å². The quantitative estimate of drug-likeness (QED) is 0.771. The van der Waals surface area contributed by atoms with Crippen LogP contribution in [0.15, 0.2) is 32.1 Å². The highest BCUT2D eigenvalue weighted by Crippen LogP contribution is 2.34. The highest BCUT2D eigenvalue weighted by Gasteiger charge is 2.21. The standard InChI is InChI=1S/C13H16Br2N2S/c1-8(2)6-9-7-16-13(18-9)17-12-10(14)4-3-5-11(12)15/h3-5,8-9H,6-7H2,1-2H3,(H,16,17). The van der Waals surface area contributed by atoms with Crippen LogP contribution in [0.5, 0.6) is 0 Å². The second-order valence-electron chi connectivity index (χ2n) is 4.74. The number of para-hydroxylation sites is 1. The number of halogens is 2. The summed E-state index contributed by atoms with van der Waals surface area (Å²) >= 11 is 8.95. The molecule has 0 saturated heterocycles. The van der Waals surface area contributed by atoms with Crippen molar-refractivity contribution in [3.63, 3.8) is 0 Å². The van der Waals surface area contributed by atoms with Gasteiger partial charge in [-0.1, -0.05) is 31.7 Å². The van der Waals surface area contributed by atoms with Gasteiger partial charge in [-0.25, -0.2) is 0 Å². The highest BCUT2D eigenvalue weighted by molar-refractivity contribution is 9.11. The molecule has 2 nitrogen and oxygen atoms in total. The Labute approximate surface area is 129 Å². The van der Waals surface area contributed by atoms with Crippen LogP contribution in [0.3, 0.4) is 0 Å². The molecule has 0 saturated carbocycles. The third kappa shape index (κ3) is 3.75. The predicted molar refractivity (Wildman–Crippen MR) is 88.6 cm³/mol. The van der Waals surface area contributed by atoms with Crippen LogP contribution in [0.25, 0.3) is 0 Å². The van der Waals surface area contributed by atoms with Crippen molar-refractivity contribution in [3.05, 3.63) is 27.1 Å². The second kappa shape index (κ2) is 6.44. The van der Waals surface area contributed by atoms with Crippen LogP contribution in [0.2, 0.25) is 0 Å². The van der Waals surface area contributed by atoms with Gasteiger partial charge in [-0.05, 0) is 56.3 Å². The minimum atomic E-state index is 0.619. The Morgan fingerprint density at radius 3 is 2.67 bits per heavy atom. The molecule has 1 aliphatic heterocycles.